The number of methoxy groups -OCH3 is 1. The van der Waals surface area contributed by atoms with Gasteiger partial charge in [0.15, 0.2) is 17.3 Å². The van der Waals surface area contributed by atoms with Crippen molar-refractivity contribution in [1.29, 1.82) is 0 Å². The first-order chi connectivity index (χ1) is 9.97. The van der Waals surface area contributed by atoms with E-state index in [1.54, 1.807) is 0 Å². The standard InChI is InChI=1S/C15H10O6/c1-21-15-9(18)5-8(17)11-12(15)13(19)6-3-2-4-7(16)10(6)14(11)20/h2-5,16-18H,1H3. The van der Waals surface area contributed by atoms with E-state index in [9.17, 15) is 24.9 Å². The highest BCUT2D eigenvalue weighted by Gasteiger charge is 2.37. The van der Waals surface area contributed by atoms with E-state index in [2.05, 4.69) is 0 Å². The van der Waals surface area contributed by atoms with Crippen molar-refractivity contribution in [3.8, 4) is 23.0 Å². The number of fused-ring (bicyclic) bond motifs is 2. The molecule has 2 aromatic carbocycles. The van der Waals surface area contributed by atoms with Gasteiger partial charge in [-0.25, -0.2) is 0 Å². The quantitative estimate of drug-likeness (QED) is 0.627. The van der Waals surface area contributed by atoms with Crippen molar-refractivity contribution in [1.82, 2.24) is 0 Å². The van der Waals surface area contributed by atoms with E-state index in [1.807, 2.05) is 0 Å². The number of hydrogen-bond donors (Lipinski definition) is 3. The van der Waals surface area contributed by atoms with Gasteiger partial charge in [-0.2, -0.15) is 0 Å². The lowest BCUT2D eigenvalue weighted by Gasteiger charge is -2.21. The summed E-state index contributed by atoms with van der Waals surface area (Å²) < 4.78 is 4.97. The first-order valence-corrected chi connectivity index (χ1v) is 6.01. The van der Waals surface area contributed by atoms with Gasteiger partial charge in [0.1, 0.15) is 11.5 Å². The molecular weight excluding hydrogens is 276 g/mol. The van der Waals surface area contributed by atoms with Gasteiger partial charge in [-0.1, -0.05) is 12.1 Å². The molecule has 0 amide bonds. The minimum absolute atomic E-state index is 0.00389. The molecule has 6 nitrogen and oxygen atoms in total. The monoisotopic (exact) mass is 286 g/mol. The molecule has 2 aromatic rings. The van der Waals surface area contributed by atoms with Crippen LogP contribution in [0.1, 0.15) is 31.8 Å². The summed E-state index contributed by atoms with van der Waals surface area (Å²) in [5, 5.41) is 29.5. The topological polar surface area (TPSA) is 104 Å². The minimum atomic E-state index is -0.700. The van der Waals surface area contributed by atoms with Crippen molar-refractivity contribution in [2.75, 3.05) is 7.11 Å². The Morgan fingerprint density at radius 2 is 1.57 bits per heavy atom. The zero-order chi connectivity index (χ0) is 15.3. The summed E-state index contributed by atoms with van der Waals surface area (Å²) in [6, 6.07) is 5.02. The number of hydrogen-bond acceptors (Lipinski definition) is 6. The van der Waals surface area contributed by atoms with Gasteiger partial charge in [-0.15, -0.1) is 0 Å². The number of carbonyl (C=O) groups excluding carboxylic acids is 2. The summed E-state index contributed by atoms with van der Waals surface area (Å²) in [4.78, 5) is 25.0. The molecular formula is C15H10O6. The van der Waals surface area contributed by atoms with Crippen LogP contribution in [-0.4, -0.2) is 34.0 Å². The molecule has 0 radical (unpaired) electrons. The third-order valence-corrected chi connectivity index (χ3v) is 3.41. The van der Waals surface area contributed by atoms with E-state index in [1.165, 1.54) is 25.3 Å². The van der Waals surface area contributed by atoms with E-state index in [-0.39, 0.29) is 33.8 Å². The molecule has 0 bridgehead atoms. The van der Waals surface area contributed by atoms with Crippen LogP contribution in [0, 0.1) is 0 Å². The fourth-order valence-corrected chi connectivity index (χ4v) is 2.52. The zero-order valence-electron chi connectivity index (χ0n) is 10.9. The molecule has 0 unspecified atom stereocenters. The third-order valence-electron chi connectivity index (χ3n) is 3.41. The van der Waals surface area contributed by atoms with E-state index in [0.29, 0.717) is 0 Å². The van der Waals surface area contributed by atoms with Gasteiger partial charge in [0.25, 0.3) is 0 Å². The Balaban J connectivity index is 2.43. The Morgan fingerprint density at radius 3 is 2.24 bits per heavy atom. The Bertz CT molecular complexity index is 806. The molecule has 3 rings (SSSR count). The number of ketones is 2. The summed E-state index contributed by atoms with van der Waals surface area (Å²) in [6.07, 6.45) is 0. The molecule has 3 N–H and O–H groups in total. The van der Waals surface area contributed by atoms with Crippen LogP contribution in [0.3, 0.4) is 0 Å². The molecule has 0 saturated carbocycles. The highest BCUT2D eigenvalue weighted by atomic mass is 16.5. The predicted octanol–water partition coefficient (Wildman–Crippen LogP) is 1.59. The van der Waals surface area contributed by atoms with E-state index in [0.717, 1.165) is 6.07 Å². The van der Waals surface area contributed by atoms with E-state index >= 15 is 0 Å². The first kappa shape index (κ1) is 13.0. The summed E-state index contributed by atoms with van der Waals surface area (Å²) in [6.45, 7) is 0. The van der Waals surface area contributed by atoms with Gasteiger partial charge in [0, 0.05) is 11.6 Å². The SMILES string of the molecule is COc1c(O)cc(O)c2c1C(=O)c1cccc(O)c1C2=O. The van der Waals surface area contributed by atoms with E-state index in [4.69, 9.17) is 4.74 Å². The number of phenolic OH excluding ortho intramolecular Hbond substituents is 3. The van der Waals surface area contributed by atoms with Crippen LogP contribution in [0.4, 0.5) is 0 Å². The first-order valence-electron chi connectivity index (χ1n) is 6.01. The highest BCUT2D eigenvalue weighted by Crippen LogP contribution is 2.44. The summed E-state index contributed by atoms with van der Waals surface area (Å²) in [7, 11) is 1.24. The van der Waals surface area contributed by atoms with Crippen LogP contribution in [0.2, 0.25) is 0 Å². The summed E-state index contributed by atoms with van der Waals surface area (Å²) in [5.41, 5.74) is -0.671. The van der Waals surface area contributed by atoms with Crippen molar-refractivity contribution < 1.29 is 29.6 Å². The Morgan fingerprint density at radius 1 is 0.857 bits per heavy atom. The number of rotatable bonds is 1. The summed E-state index contributed by atoms with van der Waals surface area (Å²) >= 11 is 0. The van der Waals surface area contributed by atoms with Crippen LogP contribution < -0.4 is 4.74 Å². The molecule has 0 atom stereocenters. The van der Waals surface area contributed by atoms with Gasteiger partial charge in [0.2, 0.25) is 5.78 Å². The molecule has 1 aliphatic rings. The molecule has 0 spiro atoms. The van der Waals surface area contributed by atoms with Gasteiger partial charge in [-0.3, -0.25) is 9.59 Å². The number of carbonyl (C=O) groups is 2. The van der Waals surface area contributed by atoms with Crippen molar-refractivity contribution >= 4 is 11.6 Å². The maximum absolute atomic E-state index is 12.5. The van der Waals surface area contributed by atoms with Crippen LogP contribution in [-0.2, 0) is 0 Å². The molecule has 106 valence electrons. The Kier molecular flexibility index (Phi) is 2.62. The lowest BCUT2D eigenvalue weighted by atomic mass is 9.82. The number of benzene rings is 2. The van der Waals surface area contributed by atoms with Crippen LogP contribution in [0.5, 0.6) is 23.0 Å². The fourth-order valence-electron chi connectivity index (χ4n) is 2.52. The summed E-state index contributed by atoms with van der Waals surface area (Å²) in [5.74, 6) is -2.83. The van der Waals surface area contributed by atoms with Crippen molar-refractivity contribution in [2.45, 2.75) is 0 Å². The molecule has 0 fully saturated rings. The second-order valence-electron chi connectivity index (χ2n) is 4.56. The van der Waals surface area contributed by atoms with Crippen molar-refractivity contribution in [3.05, 3.63) is 46.5 Å². The molecule has 6 heteroatoms. The third kappa shape index (κ3) is 1.59. The van der Waals surface area contributed by atoms with E-state index < -0.39 is 23.1 Å². The molecule has 0 aromatic heterocycles. The van der Waals surface area contributed by atoms with Crippen molar-refractivity contribution in [2.24, 2.45) is 0 Å². The van der Waals surface area contributed by atoms with Gasteiger partial charge < -0.3 is 20.1 Å². The van der Waals surface area contributed by atoms with Gasteiger partial charge in [0.05, 0.1) is 23.8 Å². The molecule has 21 heavy (non-hydrogen) atoms. The molecule has 0 heterocycles. The maximum atomic E-state index is 12.5. The fraction of sp³-hybridized carbons (Fsp3) is 0.0667. The molecule has 1 aliphatic carbocycles. The normalized spacial score (nSPS) is 12.8. The highest BCUT2D eigenvalue weighted by molar-refractivity contribution is 6.31. The average Bonchev–Trinajstić information content (AvgIpc) is 2.44. The number of ether oxygens (including phenoxy) is 1. The second-order valence-corrected chi connectivity index (χ2v) is 4.56. The lowest BCUT2D eigenvalue weighted by molar-refractivity contribution is 0.0971. The predicted molar refractivity (Wildman–Crippen MR) is 71.3 cm³/mol. The van der Waals surface area contributed by atoms with Gasteiger partial charge in [-0.05, 0) is 6.07 Å². The largest absolute Gasteiger partial charge is 0.507 e. The van der Waals surface area contributed by atoms with Crippen molar-refractivity contribution in [3.63, 3.8) is 0 Å². The number of aromatic hydroxyl groups is 3. The second kappa shape index (κ2) is 4.24. The Hall–Kier alpha value is -3.02. The molecule has 0 saturated heterocycles. The Labute approximate surface area is 118 Å². The smallest absolute Gasteiger partial charge is 0.202 e. The minimum Gasteiger partial charge on any atom is -0.507 e. The van der Waals surface area contributed by atoms with Crippen LogP contribution in [0.15, 0.2) is 24.3 Å². The zero-order valence-corrected chi connectivity index (χ0v) is 10.9. The average molecular weight is 286 g/mol. The van der Waals surface area contributed by atoms with Gasteiger partial charge >= 0.3 is 0 Å². The number of phenols is 3. The maximum Gasteiger partial charge on any atom is 0.202 e. The van der Waals surface area contributed by atoms with Crippen LogP contribution in [0.25, 0.3) is 0 Å². The lowest BCUT2D eigenvalue weighted by Crippen LogP contribution is -2.22. The van der Waals surface area contributed by atoms with Crippen LogP contribution >= 0.6 is 0 Å². The molecule has 0 aliphatic heterocycles.